The standard InChI is InChI=1S/C17H23N3O2/c21-16(14-7-4-9-18-11-14)19-15-8-10-20(17(15)22)12-13-5-2-1-3-6-13/h1-3,5-6,14-15,18H,4,7-12H2,(H,19,21). The monoisotopic (exact) mass is 301 g/mol. The van der Waals surface area contributed by atoms with Gasteiger partial charge in [-0.05, 0) is 31.4 Å². The molecule has 2 atom stereocenters. The summed E-state index contributed by atoms with van der Waals surface area (Å²) in [5, 5.41) is 6.18. The summed E-state index contributed by atoms with van der Waals surface area (Å²) < 4.78 is 0. The summed E-state index contributed by atoms with van der Waals surface area (Å²) in [6, 6.07) is 9.62. The molecule has 2 N–H and O–H groups in total. The van der Waals surface area contributed by atoms with Gasteiger partial charge in [0.25, 0.3) is 0 Å². The van der Waals surface area contributed by atoms with Crippen LogP contribution in [0.2, 0.25) is 0 Å². The average molecular weight is 301 g/mol. The topological polar surface area (TPSA) is 61.4 Å². The molecule has 2 aliphatic heterocycles. The van der Waals surface area contributed by atoms with Crippen LogP contribution in [0, 0.1) is 5.92 Å². The summed E-state index contributed by atoms with van der Waals surface area (Å²) in [5.74, 6) is 0.0674. The van der Waals surface area contributed by atoms with Crippen LogP contribution in [0.4, 0.5) is 0 Å². The molecule has 0 aliphatic carbocycles. The second kappa shape index (κ2) is 6.92. The average Bonchev–Trinajstić information content (AvgIpc) is 2.90. The minimum absolute atomic E-state index is 0.00437. The summed E-state index contributed by atoms with van der Waals surface area (Å²) in [5.41, 5.74) is 1.12. The lowest BCUT2D eigenvalue weighted by Gasteiger charge is -2.23. The van der Waals surface area contributed by atoms with Crippen LogP contribution in [0.3, 0.4) is 0 Å². The van der Waals surface area contributed by atoms with E-state index in [9.17, 15) is 9.59 Å². The Morgan fingerprint density at radius 2 is 2.09 bits per heavy atom. The van der Waals surface area contributed by atoms with Crippen molar-refractivity contribution < 1.29 is 9.59 Å². The molecule has 2 heterocycles. The second-order valence-corrected chi connectivity index (χ2v) is 6.14. The van der Waals surface area contributed by atoms with Crippen LogP contribution in [0.5, 0.6) is 0 Å². The maximum Gasteiger partial charge on any atom is 0.245 e. The summed E-state index contributed by atoms with van der Waals surface area (Å²) in [4.78, 5) is 26.5. The Kier molecular flexibility index (Phi) is 4.73. The highest BCUT2D eigenvalue weighted by atomic mass is 16.2. The molecule has 118 valence electrons. The Morgan fingerprint density at radius 3 is 2.82 bits per heavy atom. The predicted molar refractivity (Wildman–Crippen MR) is 84.0 cm³/mol. The highest BCUT2D eigenvalue weighted by molar-refractivity contribution is 5.90. The summed E-state index contributed by atoms with van der Waals surface area (Å²) in [7, 11) is 0. The van der Waals surface area contributed by atoms with Crippen molar-refractivity contribution in [1.82, 2.24) is 15.5 Å². The fourth-order valence-electron chi connectivity index (χ4n) is 3.20. The van der Waals surface area contributed by atoms with Gasteiger partial charge in [0.05, 0.1) is 5.92 Å². The number of hydrogen-bond donors (Lipinski definition) is 2. The van der Waals surface area contributed by atoms with Gasteiger partial charge in [-0.1, -0.05) is 30.3 Å². The lowest BCUT2D eigenvalue weighted by atomic mass is 9.98. The van der Waals surface area contributed by atoms with Gasteiger partial charge in [-0.15, -0.1) is 0 Å². The third-order valence-electron chi connectivity index (χ3n) is 4.50. The van der Waals surface area contributed by atoms with E-state index < -0.39 is 0 Å². The number of nitrogens with zero attached hydrogens (tertiary/aromatic N) is 1. The zero-order valence-electron chi connectivity index (χ0n) is 12.8. The highest BCUT2D eigenvalue weighted by Crippen LogP contribution is 2.17. The van der Waals surface area contributed by atoms with Gasteiger partial charge >= 0.3 is 0 Å². The highest BCUT2D eigenvalue weighted by Gasteiger charge is 2.34. The Morgan fingerprint density at radius 1 is 1.27 bits per heavy atom. The predicted octanol–water partition coefficient (Wildman–Crippen LogP) is 0.903. The third-order valence-corrected chi connectivity index (χ3v) is 4.50. The number of likely N-dealkylation sites (tertiary alicyclic amines) is 1. The molecule has 5 heteroatoms. The smallest absolute Gasteiger partial charge is 0.245 e. The summed E-state index contributed by atoms with van der Waals surface area (Å²) >= 11 is 0. The normalized spacial score (nSPS) is 25.3. The van der Waals surface area contributed by atoms with Gasteiger partial charge in [0.2, 0.25) is 11.8 Å². The lowest BCUT2D eigenvalue weighted by molar-refractivity contribution is -0.134. The molecule has 1 aromatic rings. The second-order valence-electron chi connectivity index (χ2n) is 6.14. The largest absolute Gasteiger partial charge is 0.344 e. The van der Waals surface area contributed by atoms with Crippen molar-refractivity contribution in [1.29, 1.82) is 0 Å². The van der Waals surface area contributed by atoms with Gasteiger partial charge in [0.15, 0.2) is 0 Å². The summed E-state index contributed by atoms with van der Waals surface area (Å²) in [6.07, 6.45) is 2.64. The molecule has 2 unspecified atom stereocenters. The van der Waals surface area contributed by atoms with E-state index in [1.54, 1.807) is 0 Å². The van der Waals surface area contributed by atoms with Gasteiger partial charge in [0.1, 0.15) is 6.04 Å². The number of amides is 2. The third kappa shape index (κ3) is 3.47. The van der Waals surface area contributed by atoms with E-state index in [1.165, 1.54) is 0 Å². The van der Waals surface area contributed by atoms with E-state index in [2.05, 4.69) is 10.6 Å². The first-order valence-electron chi connectivity index (χ1n) is 8.08. The van der Waals surface area contributed by atoms with Crippen LogP contribution in [-0.2, 0) is 16.1 Å². The fraction of sp³-hybridized carbons (Fsp3) is 0.529. The maximum atomic E-state index is 12.4. The van der Waals surface area contributed by atoms with E-state index in [-0.39, 0.29) is 23.8 Å². The van der Waals surface area contributed by atoms with Gasteiger partial charge in [-0.3, -0.25) is 9.59 Å². The van der Waals surface area contributed by atoms with Crippen molar-refractivity contribution in [2.45, 2.75) is 31.8 Å². The molecule has 3 rings (SSSR count). The minimum Gasteiger partial charge on any atom is -0.344 e. The number of carbonyl (C=O) groups is 2. The molecular weight excluding hydrogens is 278 g/mol. The lowest BCUT2D eigenvalue weighted by Crippen LogP contribution is -2.47. The summed E-state index contributed by atoms with van der Waals surface area (Å²) in [6.45, 7) is 3.04. The molecule has 2 amide bonds. The van der Waals surface area contributed by atoms with Gasteiger partial charge in [0, 0.05) is 19.6 Å². The number of rotatable bonds is 4. The van der Waals surface area contributed by atoms with Gasteiger partial charge in [-0.25, -0.2) is 0 Å². The Labute approximate surface area is 131 Å². The molecule has 2 saturated heterocycles. The van der Waals surface area contributed by atoms with E-state index in [0.29, 0.717) is 19.5 Å². The van der Waals surface area contributed by atoms with E-state index in [0.717, 1.165) is 31.5 Å². The number of nitrogens with one attached hydrogen (secondary N) is 2. The van der Waals surface area contributed by atoms with Gasteiger partial charge < -0.3 is 15.5 Å². The molecular formula is C17H23N3O2. The van der Waals surface area contributed by atoms with Crippen molar-refractivity contribution in [2.75, 3.05) is 19.6 Å². The first kappa shape index (κ1) is 15.0. The van der Waals surface area contributed by atoms with E-state index >= 15 is 0 Å². The SMILES string of the molecule is O=C(NC1CCN(Cc2ccccc2)C1=O)C1CCCNC1. The number of benzene rings is 1. The van der Waals surface area contributed by atoms with Crippen LogP contribution < -0.4 is 10.6 Å². The zero-order chi connectivity index (χ0) is 15.4. The molecule has 2 aliphatic rings. The molecule has 0 aromatic heterocycles. The first-order valence-corrected chi connectivity index (χ1v) is 8.08. The Bertz CT molecular complexity index is 526. The zero-order valence-corrected chi connectivity index (χ0v) is 12.8. The molecule has 0 spiro atoms. The molecule has 0 saturated carbocycles. The van der Waals surface area contributed by atoms with Crippen molar-refractivity contribution in [2.24, 2.45) is 5.92 Å². The number of piperidine rings is 1. The maximum absolute atomic E-state index is 12.4. The molecule has 5 nitrogen and oxygen atoms in total. The fourth-order valence-corrected chi connectivity index (χ4v) is 3.20. The molecule has 1 aromatic carbocycles. The van der Waals surface area contributed by atoms with Crippen LogP contribution in [0.25, 0.3) is 0 Å². The van der Waals surface area contributed by atoms with Crippen molar-refractivity contribution in [3.05, 3.63) is 35.9 Å². The van der Waals surface area contributed by atoms with Crippen LogP contribution >= 0.6 is 0 Å². The van der Waals surface area contributed by atoms with Crippen LogP contribution in [0.15, 0.2) is 30.3 Å². The minimum atomic E-state index is -0.349. The Hall–Kier alpha value is -1.88. The number of carbonyl (C=O) groups excluding carboxylic acids is 2. The first-order chi connectivity index (χ1) is 10.7. The Balaban J connectivity index is 1.53. The molecule has 0 radical (unpaired) electrons. The van der Waals surface area contributed by atoms with E-state index in [4.69, 9.17) is 0 Å². The van der Waals surface area contributed by atoms with E-state index in [1.807, 2.05) is 35.2 Å². The van der Waals surface area contributed by atoms with Crippen LogP contribution in [0.1, 0.15) is 24.8 Å². The number of hydrogen-bond acceptors (Lipinski definition) is 3. The van der Waals surface area contributed by atoms with Crippen LogP contribution in [-0.4, -0.2) is 42.4 Å². The van der Waals surface area contributed by atoms with Crippen molar-refractivity contribution >= 4 is 11.8 Å². The quantitative estimate of drug-likeness (QED) is 0.869. The molecule has 22 heavy (non-hydrogen) atoms. The van der Waals surface area contributed by atoms with Crippen molar-refractivity contribution in [3.63, 3.8) is 0 Å². The molecule has 0 bridgehead atoms. The van der Waals surface area contributed by atoms with Gasteiger partial charge in [-0.2, -0.15) is 0 Å². The molecule has 2 fully saturated rings. The van der Waals surface area contributed by atoms with Crippen molar-refractivity contribution in [3.8, 4) is 0 Å².